The first-order chi connectivity index (χ1) is 11.0. The third kappa shape index (κ3) is 3.59. The van der Waals surface area contributed by atoms with Crippen LogP contribution in [0.3, 0.4) is 0 Å². The lowest BCUT2D eigenvalue weighted by molar-refractivity contribution is -0.123. The number of benzene rings is 2. The number of anilines is 2. The van der Waals surface area contributed by atoms with E-state index in [0.29, 0.717) is 5.69 Å². The molecule has 2 N–H and O–H groups in total. The van der Waals surface area contributed by atoms with Gasteiger partial charge in [0.05, 0.1) is 16.9 Å². The summed E-state index contributed by atoms with van der Waals surface area (Å²) in [5.74, 6) is -0.747. The minimum atomic E-state index is -0.447. The highest BCUT2D eigenvalue weighted by atomic mass is 79.9. The number of fused-ring (bicyclic) bond motifs is 1. The summed E-state index contributed by atoms with van der Waals surface area (Å²) in [5.41, 5.74) is 1.52. The highest BCUT2D eigenvalue weighted by Gasteiger charge is 2.35. The van der Waals surface area contributed by atoms with Crippen LogP contribution in [0.15, 0.2) is 57.9 Å². The first-order valence-electron chi connectivity index (χ1n) is 7.17. The molecule has 0 saturated heterocycles. The van der Waals surface area contributed by atoms with Crippen molar-refractivity contribution < 1.29 is 9.59 Å². The SMILES string of the molecule is C[C@@H](C(=O)Nc1ccc(Br)cc1)[C@H]1Sc2ccccc2NC1=O. The van der Waals surface area contributed by atoms with Crippen molar-refractivity contribution in [2.45, 2.75) is 17.1 Å². The summed E-state index contributed by atoms with van der Waals surface area (Å²) in [7, 11) is 0. The normalized spacial score (nSPS) is 17.8. The highest BCUT2D eigenvalue weighted by molar-refractivity contribution is 9.10. The van der Waals surface area contributed by atoms with Gasteiger partial charge in [0.1, 0.15) is 0 Å². The molecule has 118 valence electrons. The monoisotopic (exact) mass is 390 g/mol. The van der Waals surface area contributed by atoms with Crippen molar-refractivity contribution in [3.05, 3.63) is 53.0 Å². The van der Waals surface area contributed by atoms with Gasteiger partial charge in [0.25, 0.3) is 0 Å². The van der Waals surface area contributed by atoms with Crippen molar-refractivity contribution in [2.75, 3.05) is 10.6 Å². The second kappa shape index (κ2) is 6.76. The Labute approximate surface area is 147 Å². The van der Waals surface area contributed by atoms with E-state index >= 15 is 0 Å². The minimum absolute atomic E-state index is 0.132. The molecule has 0 radical (unpaired) electrons. The molecule has 2 aromatic rings. The van der Waals surface area contributed by atoms with Crippen LogP contribution in [0.25, 0.3) is 0 Å². The van der Waals surface area contributed by atoms with E-state index in [4.69, 9.17) is 0 Å². The second-order valence-electron chi connectivity index (χ2n) is 5.31. The quantitative estimate of drug-likeness (QED) is 0.827. The number of carbonyl (C=O) groups is 2. The van der Waals surface area contributed by atoms with E-state index < -0.39 is 11.2 Å². The van der Waals surface area contributed by atoms with E-state index in [2.05, 4.69) is 26.6 Å². The van der Waals surface area contributed by atoms with E-state index in [0.717, 1.165) is 15.1 Å². The maximum atomic E-state index is 12.4. The molecule has 0 bridgehead atoms. The Morgan fingerprint density at radius 2 is 1.91 bits per heavy atom. The Balaban J connectivity index is 1.72. The number of hydrogen-bond donors (Lipinski definition) is 2. The molecular weight excluding hydrogens is 376 g/mol. The molecule has 4 nitrogen and oxygen atoms in total. The van der Waals surface area contributed by atoms with Gasteiger partial charge in [-0.15, -0.1) is 11.8 Å². The predicted molar refractivity (Wildman–Crippen MR) is 96.7 cm³/mol. The fraction of sp³-hybridized carbons (Fsp3) is 0.176. The summed E-state index contributed by atoms with van der Waals surface area (Å²) in [4.78, 5) is 25.7. The summed E-state index contributed by atoms with van der Waals surface area (Å²) >= 11 is 4.79. The van der Waals surface area contributed by atoms with Gasteiger partial charge in [-0.1, -0.05) is 35.0 Å². The standard InChI is InChI=1S/C17H15BrN2O2S/c1-10(16(21)19-12-8-6-11(18)7-9-12)15-17(22)20-13-4-2-3-5-14(13)23-15/h2-10,15H,1H3,(H,19,21)(H,20,22)/t10-,15-/m1/s1. The molecule has 1 aliphatic heterocycles. The minimum Gasteiger partial charge on any atom is -0.326 e. The number of carbonyl (C=O) groups excluding carboxylic acids is 2. The van der Waals surface area contributed by atoms with E-state index in [1.165, 1.54) is 11.8 Å². The molecular formula is C17H15BrN2O2S. The first kappa shape index (κ1) is 16.1. The van der Waals surface area contributed by atoms with Crippen molar-refractivity contribution in [1.29, 1.82) is 0 Å². The molecule has 1 aliphatic rings. The zero-order chi connectivity index (χ0) is 16.4. The lowest BCUT2D eigenvalue weighted by Gasteiger charge is -2.27. The number of halogens is 1. The Bertz CT molecular complexity index is 749. The third-order valence-corrected chi connectivity index (χ3v) is 5.65. The molecule has 23 heavy (non-hydrogen) atoms. The zero-order valence-corrected chi connectivity index (χ0v) is 14.8. The lowest BCUT2D eigenvalue weighted by Crippen LogP contribution is -2.39. The molecule has 2 aromatic carbocycles. The van der Waals surface area contributed by atoms with Crippen molar-refractivity contribution in [1.82, 2.24) is 0 Å². The molecule has 0 aliphatic carbocycles. The molecule has 6 heteroatoms. The zero-order valence-electron chi connectivity index (χ0n) is 12.4. The van der Waals surface area contributed by atoms with Crippen molar-refractivity contribution in [3.8, 4) is 0 Å². The fourth-order valence-corrected chi connectivity index (χ4v) is 3.76. The van der Waals surface area contributed by atoms with Gasteiger partial charge in [0.15, 0.2) is 0 Å². The molecule has 1 heterocycles. The number of nitrogens with one attached hydrogen (secondary N) is 2. The van der Waals surface area contributed by atoms with Crippen molar-refractivity contribution in [3.63, 3.8) is 0 Å². The Kier molecular flexibility index (Phi) is 4.73. The van der Waals surface area contributed by atoms with Crippen LogP contribution >= 0.6 is 27.7 Å². The highest BCUT2D eigenvalue weighted by Crippen LogP contribution is 2.38. The Morgan fingerprint density at radius 1 is 1.22 bits per heavy atom. The van der Waals surface area contributed by atoms with E-state index in [1.807, 2.05) is 48.5 Å². The van der Waals surface area contributed by atoms with Crippen molar-refractivity contribution >= 4 is 50.9 Å². The molecule has 2 atom stereocenters. The predicted octanol–water partition coefficient (Wildman–Crippen LogP) is 4.14. The summed E-state index contributed by atoms with van der Waals surface area (Å²) in [6.07, 6.45) is 0. The topological polar surface area (TPSA) is 58.2 Å². The van der Waals surface area contributed by atoms with Gasteiger partial charge in [-0.25, -0.2) is 0 Å². The first-order valence-corrected chi connectivity index (χ1v) is 8.85. The Hall–Kier alpha value is -1.79. The largest absolute Gasteiger partial charge is 0.326 e. The average Bonchev–Trinajstić information content (AvgIpc) is 2.55. The number of amides is 2. The van der Waals surface area contributed by atoms with Gasteiger partial charge in [-0.3, -0.25) is 9.59 Å². The van der Waals surface area contributed by atoms with Crippen LogP contribution in [-0.2, 0) is 9.59 Å². The second-order valence-corrected chi connectivity index (χ2v) is 7.41. The van der Waals surface area contributed by atoms with Crippen LogP contribution in [0.4, 0.5) is 11.4 Å². The molecule has 3 rings (SSSR count). The van der Waals surface area contributed by atoms with Gasteiger partial charge in [0, 0.05) is 15.1 Å². The van der Waals surface area contributed by atoms with Crippen LogP contribution in [-0.4, -0.2) is 17.1 Å². The number of hydrogen-bond acceptors (Lipinski definition) is 3. The molecule has 0 aromatic heterocycles. The van der Waals surface area contributed by atoms with Gasteiger partial charge in [-0.05, 0) is 36.4 Å². The summed E-state index contributed by atoms with van der Waals surface area (Å²) in [6, 6.07) is 15.0. The molecule has 0 unspecified atom stereocenters. The van der Waals surface area contributed by atoms with Crippen LogP contribution in [0.5, 0.6) is 0 Å². The molecule has 0 spiro atoms. The van der Waals surface area contributed by atoms with Gasteiger partial charge < -0.3 is 10.6 Å². The smallest absolute Gasteiger partial charge is 0.238 e. The van der Waals surface area contributed by atoms with Gasteiger partial charge in [-0.2, -0.15) is 0 Å². The summed E-state index contributed by atoms with van der Waals surface area (Å²) < 4.78 is 0.947. The fourth-order valence-electron chi connectivity index (χ4n) is 2.32. The third-order valence-electron chi connectivity index (χ3n) is 3.64. The van der Waals surface area contributed by atoms with E-state index in [9.17, 15) is 9.59 Å². The van der Waals surface area contributed by atoms with E-state index in [1.54, 1.807) is 6.92 Å². The van der Waals surface area contributed by atoms with Crippen LogP contribution in [0.1, 0.15) is 6.92 Å². The van der Waals surface area contributed by atoms with Crippen LogP contribution in [0.2, 0.25) is 0 Å². The molecule has 0 saturated carbocycles. The number of rotatable bonds is 3. The van der Waals surface area contributed by atoms with Crippen LogP contribution in [0, 0.1) is 5.92 Å². The van der Waals surface area contributed by atoms with Crippen LogP contribution < -0.4 is 10.6 Å². The van der Waals surface area contributed by atoms with Crippen molar-refractivity contribution in [2.24, 2.45) is 5.92 Å². The summed E-state index contributed by atoms with van der Waals surface area (Å²) in [6.45, 7) is 1.78. The number of thioether (sulfide) groups is 1. The number of para-hydroxylation sites is 1. The van der Waals surface area contributed by atoms with Gasteiger partial charge >= 0.3 is 0 Å². The van der Waals surface area contributed by atoms with E-state index in [-0.39, 0.29) is 11.8 Å². The molecule has 0 fully saturated rings. The molecule has 2 amide bonds. The Morgan fingerprint density at radius 3 is 2.65 bits per heavy atom. The van der Waals surface area contributed by atoms with Gasteiger partial charge in [0.2, 0.25) is 11.8 Å². The average molecular weight is 391 g/mol. The maximum absolute atomic E-state index is 12.4. The summed E-state index contributed by atoms with van der Waals surface area (Å²) in [5, 5.41) is 5.28. The lowest BCUT2D eigenvalue weighted by atomic mass is 10.1. The maximum Gasteiger partial charge on any atom is 0.238 e.